The number of aromatic nitrogens is 3. The van der Waals surface area contributed by atoms with E-state index in [1.165, 1.54) is 26.2 Å². The Hall–Kier alpha value is -2.60. The minimum absolute atomic E-state index is 0.0752. The van der Waals surface area contributed by atoms with Gasteiger partial charge < -0.3 is 9.73 Å². The van der Waals surface area contributed by atoms with E-state index in [9.17, 15) is 13.2 Å². The standard InChI is InChI=1S/C18H16ClN5O4S2/c1-23(2)30(26,27)13-7-8-15-14(9-13)24-17(28-15)21-22-18(24)29-10-16(25)20-12-5-3-11(19)4-6-12/h3-9H,10H2,1-2H3,(H,20,25). The van der Waals surface area contributed by atoms with Crippen LogP contribution in [0.15, 0.2) is 56.9 Å². The van der Waals surface area contributed by atoms with Crippen LogP contribution >= 0.6 is 23.4 Å². The zero-order valence-corrected chi connectivity index (χ0v) is 18.3. The minimum atomic E-state index is -3.62. The molecule has 0 fully saturated rings. The van der Waals surface area contributed by atoms with Crippen LogP contribution in [-0.4, -0.2) is 53.1 Å². The van der Waals surface area contributed by atoms with Gasteiger partial charge in [-0.1, -0.05) is 28.5 Å². The normalized spacial score (nSPS) is 12.1. The first-order valence-corrected chi connectivity index (χ1v) is 11.4. The number of hydrogen-bond acceptors (Lipinski definition) is 7. The van der Waals surface area contributed by atoms with E-state index in [1.54, 1.807) is 34.7 Å². The molecular formula is C18H16ClN5O4S2. The molecule has 0 bridgehead atoms. The number of rotatable bonds is 6. The van der Waals surface area contributed by atoms with Gasteiger partial charge in [0.05, 0.1) is 16.2 Å². The number of halogens is 1. The van der Waals surface area contributed by atoms with Crippen molar-refractivity contribution >= 4 is 61.9 Å². The molecule has 0 saturated heterocycles. The molecule has 2 aromatic carbocycles. The second-order valence-corrected chi connectivity index (χ2v) is 9.99. The molecule has 0 aliphatic heterocycles. The lowest BCUT2D eigenvalue weighted by atomic mass is 10.3. The zero-order chi connectivity index (χ0) is 21.5. The smallest absolute Gasteiger partial charge is 0.328 e. The van der Waals surface area contributed by atoms with Crippen LogP contribution in [-0.2, 0) is 14.8 Å². The van der Waals surface area contributed by atoms with Gasteiger partial charge in [0, 0.05) is 24.8 Å². The van der Waals surface area contributed by atoms with Crippen molar-refractivity contribution in [1.82, 2.24) is 18.9 Å². The van der Waals surface area contributed by atoms with Gasteiger partial charge in [0.2, 0.25) is 15.9 Å². The van der Waals surface area contributed by atoms with Crippen LogP contribution in [0.2, 0.25) is 5.02 Å². The molecule has 30 heavy (non-hydrogen) atoms. The van der Waals surface area contributed by atoms with Gasteiger partial charge in [-0.25, -0.2) is 17.1 Å². The Morgan fingerprint density at radius 3 is 2.63 bits per heavy atom. The summed E-state index contributed by atoms with van der Waals surface area (Å²) in [5.41, 5.74) is 1.59. The Bertz CT molecular complexity index is 1350. The number of fused-ring (bicyclic) bond motifs is 3. The quantitative estimate of drug-likeness (QED) is 0.435. The number of sulfonamides is 1. The Labute approximate surface area is 181 Å². The molecule has 0 aliphatic carbocycles. The summed E-state index contributed by atoms with van der Waals surface area (Å²) >= 11 is 7.00. The summed E-state index contributed by atoms with van der Waals surface area (Å²) in [6.07, 6.45) is 0. The third-order valence-corrected chi connectivity index (χ3v) is 7.21. The van der Waals surface area contributed by atoms with Crippen LogP contribution in [0, 0.1) is 0 Å². The summed E-state index contributed by atoms with van der Waals surface area (Å²) in [7, 11) is -0.693. The van der Waals surface area contributed by atoms with Crippen molar-refractivity contribution in [3.8, 4) is 0 Å². The number of anilines is 1. The van der Waals surface area contributed by atoms with Crippen molar-refractivity contribution in [2.75, 3.05) is 25.2 Å². The fraction of sp³-hybridized carbons (Fsp3) is 0.167. The second kappa shape index (κ2) is 7.91. The molecule has 4 aromatic rings. The number of thioether (sulfide) groups is 1. The van der Waals surface area contributed by atoms with Gasteiger partial charge in [-0.3, -0.25) is 4.79 Å². The van der Waals surface area contributed by atoms with Crippen LogP contribution in [0.3, 0.4) is 0 Å². The first-order valence-electron chi connectivity index (χ1n) is 8.64. The van der Waals surface area contributed by atoms with Gasteiger partial charge in [0.1, 0.15) is 0 Å². The third kappa shape index (κ3) is 3.88. The molecule has 4 rings (SSSR count). The molecule has 2 aromatic heterocycles. The Morgan fingerprint density at radius 2 is 1.93 bits per heavy atom. The molecule has 1 amide bonds. The van der Waals surface area contributed by atoms with E-state index in [0.717, 1.165) is 16.1 Å². The zero-order valence-electron chi connectivity index (χ0n) is 15.9. The van der Waals surface area contributed by atoms with E-state index < -0.39 is 10.0 Å². The summed E-state index contributed by atoms with van der Waals surface area (Å²) in [6, 6.07) is 11.3. The predicted molar refractivity (Wildman–Crippen MR) is 114 cm³/mol. The van der Waals surface area contributed by atoms with Crippen molar-refractivity contribution in [1.29, 1.82) is 0 Å². The highest BCUT2D eigenvalue weighted by Crippen LogP contribution is 2.28. The Morgan fingerprint density at radius 1 is 1.20 bits per heavy atom. The number of nitrogens with one attached hydrogen (secondary N) is 1. The van der Waals surface area contributed by atoms with Crippen LogP contribution in [0.1, 0.15) is 0 Å². The summed E-state index contributed by atoms with van der Waals surface area (Å²) < 4.78 is 33.3. The number of carbonyl (C=O) groups is 1. The van der Waals surface area contributed by atoms with Gasteiger partial charge in [-0.2, -0.15) is 0 Å². The van der Waals surface area contributed by atoms with Gasteiger partial charge >= 0.3 is 5.84 Å². The molecule has 156 valence electrons. The van der Waals surface area contributed by atoms with Gasteiger partial charge in [-0.15, -0.1) is 5.10 Å². The van der Waals surface area contributed by atoms with Gasteiger partial charge in [-0.05, 0) is 42.5 Å². The molecule has 0 saturated carbocycles. The van der Waals surface area contributed by atoms with Crippen molar-refractivity contribution < 1.29 is 17.6 Å². The lowest BCUT2D eigenvalue weighted by Gasteiger charge is -2.10. The van der Waals surface area contributed by atoms with Crippen molar-refractivity contribution in [3.05, 3.63) is 47.5 Å². The number of benzene rings is 2. The topological polar surface area (TPSA) is 110 Å². The highest BCUT2D eigenvalue weighted by Gasteiger charge is 2.21. The van der Waals surface area contributed by atoms with E-state index in [2.05, 4.69) is 15.5 Å². The lowest BCUT2D eigenvalue weighted by Crippen LogP contribution is -2.22. The Balaban J connectivity index is 1.60. The third-order valence-electron chi connectivity index (χ3n) is 4.22. The first kappa shape index (κ1) is 20.7. The van der Waals surface area contributed by atoms with Crippen LogP contribution in [0.25, 0.3) is 16.9 Å². The second-order valence-electron chi connectivity index (χ2n) is 6.46. The molecule has 12 heteroatoms. The van der Waals surface area contributed by atoms with Crippen molar-refractivity contribution in [2.45, 2.75) is 10.1 Å². The largest absolute Gasteiger partial charge is 0.422 e. The van der Waals surface area contributed by atoms with E-state index in [1.807, 2.05) is 0 Å². The maximum atomic E-state index is 12.5. The average Bonchev–Trinajstić information content (AvgIpc) is 3.26. The van der Waals surface area contributed by atoms with Crippen LogP contribution in [0.5, 0.6) is 0 Å². The molecule has 9 nitrogen and oxygen atoms in total. The van der Waals surface area contributed by atoms with E-state index >= 15 is 0 Å². The highest BCUT2D eigenvalue weighted by molar-refractivity contribution is 7.99. The fourth-order valence-electron chi connectivity index (χ4n) is 2.71. The summed E-state index contributed by atoms with van der Waals surface area (Å²) in [5.74, 6) is 0.0546. The molecule has 2 heterocycles. The van der Waals surface area contributed by atoms with E-state index in [-0.39, 0.29) is 22.4 Å². The monoisotopic (exact) mass is 465 g/mol. The average molecular weight is 466 g/mol. The van der Waals surface area contributed by atoms with Crippen molar-refractivity contribution in [3.63, 3.8) is 0 Å². The molecule has 0 atom stereocenters. The molecule has 0 unspecified atom stereocenters. The summed E-state index contributed by atoms with van der Waals surface area (Å²) in [5, 5.41) is 11.8. The van der Waals surface area contributed by atoms with E-state index in [4.69, 9.17) is 16.0 Å². The fourth-order valence-corrected chi connectivity index (χ4v) is 4.50. The molecule has 0 spiro atoms. The number of carbonyl (C=O) groups excluding carboxylic acids is 1. The summed E-state index contributed by atoms with van der Waals surface area (Å²) in [4.78, 5) is 12.4. The number of hydrogen-bond donors (Lipinski definition) is 1. The molecule has 1 N–H and O–H groups in total. The number of oxazole rings is 1. The molecular weight excluding hydrogens is 450 g/mol. The highest BCUT2D eigenvalue weighted by atomic mass is 35.5. The summed E-state index contributed by atoms with van der Waals surface area (Å²) in [6.45, 7) is 0. The lowest BCUT2D eigenvalue weighted by molar-refractivity contribution is -0.113. The van der Waals surface area contributed by atoms with Crippen molar-refractivity contribution in [2.24, 2.45) is 0 Å². The molecule has 0 aliphatic rings. The van der Waals surface area contributed by atoms with Gasteiger partial charge in [0.25, 0.3) is 0 Å². The predicted octanol–water partition coefficient (Wildman–Crippen LogP) is 3.11. The number of amides is 1. The van der Waals surface area contributed by atoms with Crippen LogP contribution < -0.4 is 5.32 Å². The van der Waals surface area contributed by atoms with E-state index in [0.29, 0.717) is 27.0 Å². The van der Waals surface area contributed by atoms with Gasteiger partial charge in [0.15, 0.2) is 10.7 Å². The molecule has 0 radical (unpaired) electrons. The number of nitrogens with zero attached hydrogens (tertiary/aromatic N) is 4. The maximum Gasteiger partial charge on any atom is 0.328 e. The van der Waals surface area contributed by atoms with Crippen LogP contribution in [0.4, 0.5) is 5.69 Å². The minimum Gasteiger partial charge on any atom is -0.422 e. The Kier molecular flexibility index (Phi) is 5.45. The maximum absolute atomic E-state index is 12.5. The first-order chi connectivity index (χ1) is 14.3. The SMILES string of the molecule is CN(C)S(=O)(=O)c1ccc2oc3nnc(SCC(=O)Nc4ccc(Cl)cc4)n3c2c1.